The number of nitrogens with one attached hydrogen (secondary N) is 2. The van der Waals surface area contributed by atoms with Gasteiger partial charge in [0.2, 0.25) is 0 Å². The number of carbonyl (C=O) groups excluding carboxylic acids is 1. The Bertz CT molecular complexity index is 1050. The van der Waals surface area contributed by atoms with E-state index in [4.69, 9.17) is 0 Å². The van der Waals surface area contributed by atoms with Gasteiger partial charge in [-0.3, -0.25) is 4.79 Å². The zero-order chi connectivity index (χ0) is 19.3. The molecule has 5 heterocycles. The Labute approximate surface area is 160 Å². The molecule has 0 aromatic carbocycles. The standard InChI is InChI=1S/C19H20FN7O/c1-11-9-26-10-12(6-13(20)18(26)24-11)25-19(28)15-7-23-17(8-22-15)27-5-3-14-16(27)2-4-21-14/h6-10,14,16,21H,2-5H2,1H3,(H,25,28). The summed E-state index contributed by atoms with van der Waals surface area (Å²) in [6.45, 7) is 3.75. The van der Waals surface area contributed by atoms with Crippen molar-refractivity contribution in [2.24, 2.45) is 0 Å². The number of imidazole rings is 1. The van der Waals surface area contributed by atoms with E-state index in [1.807, 2.05) is 0 Å². The van der Waals surface area contributed by atoms with Crippen molar-refractivity contribution in [2.45, 2.75) is 31.8 Å². The molecule has 0 aliphatic carbocycles. The lowest BCUT2D eigenvalue weighted by molar-refractivity contribution is 0.102. The number of fused-ring (bicyclic) bond motifs is 2. The van der Waals surface area contributed by atoms with Crippen LogP contribution in [0.5, 0.6) is 0 Å². The molecule has 9 heteroatoms. The third-order valence-corrected chi connectivity index (χ3v) is 5.44. The molecule has 3 aromatic rings. The number of hydrogen-bond acceptors (Lipinski definition) is 6. The number of amides is 1. The molecule has 5 rings (SSSR count). The zero-order valence-corrected chi connectivity index (χ0v) is 15.4. The zero-order valence-electron chi connectivity index (χ0n) is 15.4. The lowest BCUT2D eigenvalue weighted by Gasteiger charge is -2.23. The molecule has 0 bridgehead atoms. The van der Waals surface area contributed by atoms with Crippen LogP contribution in [0.2, 0.25) is 0 Å². The average molecular weight is 381 g/mol. The smallest absolute Gasteiger partial charge is 0.275 e. The van der Waals surface area contributed by atoms with Gasteiger partial charge in [0.05, 0.1) is 23.8 Å². The van der Waals surface area contributed by atoms with E-state index in [1.165, 1.54) is 12.3 Å². The highest BCUT2D eigenvalue weighted by molar-refractivity contribution is 6.02. The van der Waals surface area contributed by atoms with Crippen LogP contribution in [0, 0.1) is 12.7 Å². The molecule has 2 unspecified atom stereocenters. The van der Waals surface area contributed by atoms with Crippen molar-refractivity contribution in [3.05, 3.63) is 48.1 Å². The molecule has 2 N–H and O–H groups in total. The molecule has 3 aromatic heterocycles. The Morgan fingerprint density at radius 3 is 3.00 bits per heavy atom. The number of aromatic nitrogens is 4. The SMILES string of the molecule is Cc1cn2cc(NC(=O)c3cnc(N4CCC5NCCC54)cn3)cc(F)c2n1. The predicted molar refractivity (Wildman–Crippen MR) is 102 cm³/mol. The quantitative estimate of drug-likeness (QED) is 0.719. The van der Waals surface area contributed by atoms with Gasteiger partial charge in [0.15, 0.2) is 11.5 Å². The maximum Gasteiger partial charge on any atom is 0.275 e. The van der Waals surface area contributed by atoms with Crippen molar-refractivity contribution in [3.63, 3.8) is 0 Å². The van der Waals surface area contributed by atoms with E-state index >= 15 is 0 Å². The van der Waals surface area contributed by atoms with Crippen molar-refractivity contribution in [1.29, 1.82) is 0 Å². The molecule has 2 aliphatic rings. The fraction of sp³-hybridized carbons (Fsp3) is 0.368. The molecule has 0 radical (unpaired) electrons. The summed E-state index contributed by atoms with van der Waals surface area (Å²) in [6.07, 6.45) is 8.61. The number of nitrogens with zero attached hydrogens (tertiary/aromatic N) is 5. The van der Waals surface area contributed by atoms with E-state index in [1.54, 1.807) is 29.9 Å². The van der Waals surface area contributed by atoms with E-state index in [2.05, 4.69) is 30.5 Å². The number of pyridine rings is 1. The predicted octanol–water partition coefficient (Wildman–Crippen LogP) is 1.76. The molecule has 0 saturated carbocycles. The van der Waals surface area contributed by atoms with Gasteiger partial charge >= 0.3 is 0 Å². The molecule has 0 spiro atoms. The molecule has 1 amide bonds. The fourth-order valence-corrected chi connectivity index (χ4v) is 4.18. The highest BCUT2D eigenvalue weighted by atomic mass is 19.1. The summed E-state index contributed by atoms with van der Waals surface area (Å²) in [4.78, 5) is 27.6. The topological polar surface area (TPSA) is 87.5 Å². The molecule has 2 aliphatic heterocycles. The maximum absolute atomic E-state index is 14.2. The minimum Gasteiger partial charge on any atom is -0.351 e. The molecule has 28 heavy (non-hydrogen) atoms. The van der Waals surface area contributed by atoms with E-state index < -0.39 is 11.7 Å². The van der Waals surface area contributed by atoms with Crippen LogP contribution in [0.25, 0.3) is 5.65 Å². The first-order chi connectivity index (χ1) is 13.6. The Balaban J connectivity index is 1.33. The molecule has 2 fully saturated rings. The lowest BCUT2D eigenvalue weighted by atomic mass is 10.1. The Morgan fingerprint density at radius 2 is 2.18 bits per heavy atom. The summed E-state index contributed by atoms with van der Waals surface area (Å²) in [7, 11) is 0. The van der Waals surface area contributed by atoms with Crippen molar-refractivity contribution in [3.8, 4) is 0 Å². The summed E-state index contributed by atoms with van der Waals surface area (Å²) in [5, 5.41) is 6.18. The first-order valence-electron chi connectivity index (χ1n) is 9.37. The molecule has 2 saturated heterocycles. The first-order valence-corrected chi connectivity index (χ1v) is 9.37. The first kappa shape index (κ1) is 17.1. The van der Waals surface area contributed by atoms with Crippen LogP contribution in [0.3, 0.4) is 0 Å². The van der Waals surface area contributed by atoms with Gasteiger partial charge < -0.3 is 19.9 Å². The van der Waals surface area contributed by atoms with Gasteiger partial charge in [0.25, 0.3) is 5.91 Å². The van der Waals surface area contributed by atoms with Crippen molar-refractivity contribution in [2.75, 3.05) is 23.3 Å². The number of rotatable bonds is 3. The minimum atomic E-state index is -0.499. The summed E-state index contributed by atoms with van der Waals surface area (Å²) >= 11 is 0. The van der Waals surface area contributed by atoms with Crippen molar-refractivity contribution in [1.82, 2.24) is 24.7 Å². The number of carbonyl (C=O) groups is 1. The van der Waals surface area contributed by atoms with Crippen LogP contribution in [-0.2, 0) is 0 Å². The van der Waals surface area contributed by atoms with Crippen LogP contribution >= 0.6 is 0 Å². The van der Waals surface area contributed by atoms with E-state index in [0.29, 0.717) is 23.5 Å². The van der Waals surface area contributed by atoms with Gasteiger partial charge in [-0.1, -0.05) is 0 Å². The highest BCUT2D eigenvalue weighted by Crippen LogP contribution is 2.28. The molecular formula is C19H20FN7O. The van der Waals surface area contributed by atoms with Gasteiger partial charge in [-0.25, -0.2) is 19.3 Å². The Morgan fingerprint density at radius 1 is 1.29 bits per heavy atom. The minimum absolute atomic E-state index is 0.186. The normalized spacial score (nSPS) is 21.3. The van der Waals surface area contributed by atoms with E-state index in [9.17, 15) is 9.18 Å². The summed E-state index contributed by atoms with van der Waals surface area (Å²) in [6, 6.07) is 2.21. The van der Waals surface area contributed by atoms with Crippen LogP contribution in [-0.4, -0.2) is 50.4 Å². The Hall–Kier alpha value is -3.07. The largest absolute Gasteiger partial charge is 0.351 e. The highest BCUT2D eigenvalue weighted by Gasteiger charge is 2.38. The van der Waals surface area contributed by atoms with Crippen LogP contribution in [0.1, 0.15) is 29.0 Å². The van der Waals surface area contributed by atoms with Crippen LogP contribution < -0.4 is 15.5 Å². The molecule has 2 atom stereocenters. The maximum atomic E-state index is 14.2. The lowest BCUT2D eigenvalue weighted by Crippen LogP contribution is -2.34. The second-order valence-corrected chi connectivity index (χ2v) is 7.30. The Kier molecular flexibility index (Phi) is 3.97. The van der Waals surface area contributed by atoms with Gasteiger partial charge in [-0.2, -0.15) is 0 Å². The van der Waals surface area contributed by atoms with Crippen molar-refractivity contribution < 1.29 is 9.18 Å². The number of hydrogen-bond donors (Lipinski definition) is 2. The third-order valence-electron chi connectivity index (χ3n) is 5.44. The molecular weight excluding hydrogens is 361 g/mol. The van der Waals surface area contributed by atoms with E-state index in [-0.39, 0.29) is 11.3 Å². The molecule has 8 nitrogen and oxygen atoms in total. The second-order valence-electron chi connectivity index (χ2n) is 7.30. The van der Waals surface area contributed by atoms with Crippen LogP contribution in [0.15, 0.2) is 30.9 Å². The average Bonchev–Trinajstić information content (AvgIpc) is 3.37. The van der Waals surface area contributed by atoms with Crippen LogP contribution in [0.4, 0.5) is 15.9 Å². The number of halogens is 1. The van der Waals surface area contributed by atoms with E-state index in [0.717, 1.165) is 31.7 Å². The summed E-state index contributed by atoms with van der Waals surface area (Å²) in [5.41, 5.74) is 1.44. The fourth-order valence-electron chi connectivity index (χ4n) is 4.18. The van der Waals surface area contributed by atoms with Gasteiger partial charge in [0.1, 0.15) is 11.5 Å². The summed E-state index contributed by atoms with van der Waals surface area (Å²) in [5.74, 6) is -0.147. The van der Waals surface area contributed by atoms with Gasteiger partial charge in [-0.05, 0) is 26.3 Å². The molecule has 144 valence electrons. The summed E-state index contributed by atoms with van der Waals surface area (Å²) < 4.78 is 15.7. The number of aryl methyl sites for hydroxylation is 1. The van der Waals surface area contributed by atoms with Gasteiger partial charge in [-0.15, -0.1) is 0 Å². The second kappa shape index (κ2) is 6.52. The van der Waals surface area contributed by atoms with Gasteiger partial charge in [0, 0.05) is 37.1 Å². The van der Waals surface area contributed by atoms with Crippen molar-refractivity contribution >= 4 is 23.1 Å². The number of anilines is 2. The third kappa shape index (κ3) is 2.88. The monoisotopic (exact) mass is 381 g/mol.